The largest absolute Gasteiger partial charge is 0.445 e. The predicted molar refractivity (Wildman–Crippen MR) is 158 cm³/mol. The van der Waals surface area contributed by atoms with Crippen LogP contribution in [0.1, 0.15) is 66.3 Å². The lowest BCUT2D eigenvalue weighted by atomic mass is 10.00. The summed E-state index contributed by atoms with van der Waals surface area (Å²) in [7, 11) is 0. The van der Waals surface area contributed by atoms with E-state index in [2.05, 4.69) is 4.98 Å². The van der Waals surface area contributed by atoms with Crippen LogP contribution in [0, 0.1) is 11.6 Å². The van der Waals surface area contributed by atoms with Crippen molar-refractivity contribution in [2.45, 2.75) is 58.6 Å². The van der Waals surface area contributed by atoms with Gasteiger partial charge in [0.2, 0.25) is 5.89 Å². The lowest BCUT2D eigenvalue weighted by molar-refractivity contribution is 0.0578. The summed E-state index contributed by atoms with van der Waals surface area (Å²) in [6, 6.07) is 7.03. The fourth-order valence-electron chi connectivity index (χ4n) is 4.75. The molecule has 2 aromatic carbocycles. The van der Waals surface area contributed by atoms with E-state index in [1.807, 2.05) is 32.9 Å². The van der Waals surface area contributed by atoms with Gasteiger partial charge in [-0.05, 0) is 68.5 Å². The zero-order chi connectivity index (χ0) is 30.6. The summed E-state index contributed by atoms with van der Waals surface area (Å²) >= 11 is 0. The molecule has 8 nitrogen and oxygen atoms in total. The molecule has 226 valence electrons. The van der Waals surface area contributed by atoms with Crippen LogP contribution in [0.25, 0.3) is 11.5 Å². The smallest absolute Gasteiger partial charge is 0.254 e. The number of aromatic nitrogens is 1. The number of allylic oxidation sites excluding steroid dienone is 1. The minimum absolute atomic E-state index is 0.00965. The number of aliphatic hydroxyl groups is 1. The maximum atomic E-state index is 13.9. The lowest BCUT2D eigenvalue weighted by Crippen LogP contribution is -2.47. The Labute approximate surface area is 245 Å². The molecule has 3 aromatic rings. The van der Waals surface area contributed by atoms with Gasteiger partial charge in [0.15, 0.2) is 0 Å². The number of carbonyl (C=O) groups is 2. The molecule has 0 aliphatic heterocycles. The Hall–Kier alpha value is -3.89. The fraction of sp³-hybridized carbons (Fsp3) is 0.406. The van der Waals surface area contributed by atoms with Gasteiger partial charge in [0.25, 0.3) is 11.8 Å². The van der Waals surface area contributed by atoms with E-state index < -0.39 is 29.7 Å². The van der Waals surface area contributed by atoms with Crippen LogP contribution in [-0.4, -0.2) is 70.0 Å². The molecule has 1 heterocycles. The van der Waals surface area contributed by atoms with Gasteiger partial charge in [0.1, 0.15) is 17.9 Å². The van der Waals surface area contributed by atoms with Gasteiger partial charge in [0, 0.05) is 55.0 Å². The van der Waals surface area contributed by atoms with Crippen molar-refractivity contribution >= 4 is 11.8 Å². The molecule has 0 unspecified atom stereocenters. The molecule has 3 rings (SSSR count). The number of carbonyl (C=O) groups excluding carboxylic acids is 2. The predicted octanol–water partition coefficient (Wildman–Crippen LogP) is 5.22. The minimum atomic E-state index is -1.19. The van der Waals surface area contributed by atoms with Crippen molar-refractivity contribution in [2.75, 3.05) is 26.2 Å². The Morgan fingerprint density at radius 2 is 1.60 bits per heavy atom. The Morgan fingerprint density at radius 3 is 2.14 bits per heavy atom. The van der Waals surface area contributed by atoms with Gasteiger partial charge in [-0.25, -0.2) is 13.8 Å². The van der Waals surface area contributed by atoms with Crippen LogP contribution in [-0.2, 0) is 6.42 Å². The van der Waals surface area contributed by atoms with Crippen LogP contribution in [0.3, 0.4) is 0 Å². The highest BCUT2D eigenvalue weighted by Crippen LogP contribution is 2.24. The average molecular weight is 583 g/mol. The van der Waals surface area contributed by atoms with E-state index in [1.54, 1.807) is 23.1 Å². The third-order valence-electron chi connectivity index (χ3n) is 6.76. The van der Waals surface area contributed by atoms with Crippen molar-refractivity contribution in [3.8, 4) is 11.5 Å². The van der Waals surface area contributed by atoms with E-state index in [-0.39, 0.29) is 36.9 Å². The minimum Gasteiger partial charge on any atom is -0.445 e. The maximum Gasteiger partial charge on any atom is 0.254 e. The van der Waals surface area contributed by atoms with Crippen LogP contribution in [0.5, 0.6) is 0 Å². The fourth-order valence-corrected chi connectivity index (χ4v) is 4.75. The molecule has 0 saturated heterocycles. The second kappa shape index (κ2) is 15.9. The molecule has 2 amide bonds. The Balaban J connectivity index is 1.93. The number of nitrogens with two attached hydrogens (primary N) is 1. The van der Waals surface area contributed by atoms with Crippen molar-refractivity contribution in [3.05, 3.63) is 89.3 Å². The van der Waals surface area contributed by atoms with E-state index in [9.17, 15) is 23.5 Å². The van der Waals surface area contributed by atoms with Crippen molar-refractivity contribution in [1.29, 1.82) is 0 Å². The number of nitrogens with zero attached hydrogens (tertiary/aromatic N) is 3. The van der Waals surface area contributed by atoms with Crippen LogP contribution in [0.15, 0.2) is 65.4 Å². The topological polar surface area (TPSA) is 113 Å². The third-order valence-corrected chi connectivity index (χ3v) is 6.76. The molecule has 0 saturated carbocycles. The molecular formula is C32H40F2N4O4. The van der Waals surface area contributed by atoms with E-state index in [1.165, 1.54) is 17.4 Å². The second-order valence-corrected chi connectivity index (χ2v) is 10.3. The second-order valence-electron chi connectivity index (χ2n) is 10.3. The first-order valence-corrected chi connectivity index (χ1v) is 14.3. The normalized spacial score (nSPS) is 12.8. The Kier molecular flexibility index (Phi) is 12.4. The van der Waals surface area contributed by atoms with E-state index in [4.69, 9.17) is 10.2 Å². The summed E-state index contributed by atoms with van der Waals surface area (Å²) in [6.07, 6.45) is 7.57. The van der Waals surface area contributed by atoms with E-state index in [0.29, 0.717) is 36.2 Å². The monoisotopic (exact) mass is 582 g/mol. The highest BCUT2D eigenvalue weighted by atomic mass is 19.1. The number of halogens is 2. The summed E-state index contributed by atoms with van der Waals surface area (Å²) < 4.78 is 32.8. The number of rotatable bonds is 15. The molecule has 0 bridgehead atoms. The first kappa shape index (κ1) is 32.6. The highest BCUT2D eigenvalue weighted by Gasteiger charge is 2.26. The molecular weight excluding hydrogens is 542 g/mol. The third kappa shape index (κ3) is 9.06. The average Bonchev–Trinajstić information content (AvgIpc) is 3.50. The lowest BCUT2D eigenvalue weighted by Gasteiger charge is -2.28. The molecule has 0 radical (unpaired) electrons. The van der Waals surface area contributed by atoms with E-state index >= 15 is 0 Å². The zero-order valence-electron chi connectivity index (χ0n) is 24.4. The Bertz CT molecular complexity index is 1320. The molecule has 1 aromatic heterocycles. The summed E-state index contributed by atoms with van der Waals surface area (Å²) in [4.78, 5) is 34.9. The molecule has 2 atom stereocenters. The summed E-state index contributed by atoms with van der Waals surface area (Å²) in [5.41, 5.74) is 7.55. The molecule has 42 heavy (non-hydrogen) atoms. The zero-order valence-corrected chi connectivity index (χ0v) is 24.4. The number of hydrogen-bond acceptors (Lipinski definition) is 6. The van der Waals surface area contributed by atoms with Gasteiger partial charge in [0.05, 0.1) is 12.3 Å². The molecule has 3 N–H and O–H groups in total. The number of benzene rings is 2. The van der Waals surface area contributed by atoms with Gasteiger partial charge in [-0.1, -0.05) is 26.0 Å². The molecule has 0 fully saturated rings. The van der Waals surface area contributed by atoms with Gasteiger partial charge in [-0.15, -0.1) is 0 Å². The maximum absolute atomic E-state index is 13.9. The first-order chi connectivity index (χ1) is 20.2. The van der Waals surface area contributed by atoms with Crippen LogP contribution in [0.2, 0.25) is 0 Å². The van der Waals surface area contributed by atoms with Crippen LogP contribution < -0.4 is 5.73 Å². The number of hydrogen-bond donors (Lipinski definition) is 2. The van der Waals surface area contributed by atoms with Gasteiger partial charge >= 0.3 is 0 Å². The van der Waals surface area contributed by atoms with E-state index in [0.717, 1.165) is 31.0 Å². The summed E-state index contributed by atoms with van der Waals surface area (Å²) in [5, 5.41) is 11.0. The number of aliphatic hydroxyl groups excluding tert-OH is 1. The number of amides is 2. The molecule has 0 aliphatic carbocycles. The van der Waals surface area contributed by atoms with Crippen LogP contribution in [0.4, 0.5) is 8.78 Å². The van der Waals surface area contributed by atoms with Crippen molar-refractivity contribution in [3.63, 3.8) is 0 Å². The van der Waals surface area contributed by atoms with Gasteiger partial charge < -0.3 is 25.1 Å². The van der Waals surface area contributed by atoms with Gasteiger partial charge in [-0.3, -0.25) is 9.59 Å². The van der Waals surface area contributed by atoms with Crippen molar-refractivity contribution in [1.82, 2.24) is 14.8 Å². The van der Waals surface area contributed by atoms with Crippen molar-refractivity contribution < 1.29 is 27.9 Å². The standard InChI is InChI=1S/C32H40F2N4O4/c1-4-7-8-12-38(21-29(39)28(35)16-22-14-26(33)20-27(34)15-22)32(41)25-18-23(30-36-9-13-42-30)17-24(19-25)31(40)37(10-5-2)11-6-3/h4,7,9,13-15,17-20,28-29,39H,5-6,8,10-12,16,21,35H2,1-3H3/b7-4-/t28-,29+/m0/s1. The number of oxazole rings is 1. The summed E-state index contributed by atoms with van der Waals surface area (Å²) in [6.45, 7) is 7.16. The summed E-state index contributed by atoms with van der Waals surface area (Å²) in [5.74, 6) is -1.82. The molecule has 0 aliphatic rings. The molecule has 0 spiro atoms. The first-order valence-electron chi connectivity index (χ1n) is 14.3. The van der Waals surface area contributed by atoms with Gasteiger partial charge in [-0.2, -0.15) is 0 Å². The highest BCUT2D eigenvalue weighted by molar-refractivity contribution is 6.01. The van der Waals surface area contributed by atoms with Crippen LogP contribution >= 0.6 is 0 Å². The SMILES string of the molecule is C/C=C\CCN(C[C@@H](O)[C@@H](N)Cc1cc(F)cc(F)c1)C(=O)c1cc(C(=O)N(CCC)CCC)cc(-c2ncco2)c1. The molecule has 10 heteroatoms. The van der Waals surface area contributed by atoms with Crippen molar-refractivity contribution in [2.24, 2.45) is 5.73 Å². The quantitative estimate of drug-likeness (QED) is 0.238. The Morgan fingerprint density at radius 1 is 0.976 bits per heavy atom.